The fourth-order valence-electron chi connectivity index (χ4n) is 2.72. The Morgan fingerprint density at radius 3 is 2.48 bits per heavy atom. The quantitative estimate of drug-likeness (QED) is 0.875. The Kier molecular flexibility index (Phi) is 4.35. The van der Waals surface area contributed by atoms with Gasteiger partial charge >= 0.3 is 5.97 Å². The van der Waals surface area contributed by atoms with Crippen LogP contribution in [0.4, 0.5) is 0 Å². The van der Waals surface area contributed by atoms with Gasteiger partial charge in [-0.1, -0.05) is 43.7 Å². The van der Waals surface area contributed by atoms with Gasteiger partial charge in [-0.25, -0.2) is 0 Å². The highest BCUT2D eigenvalue weighted by Gasteiger charge is 2.41. The number of hydrogen-bond acceptors (Lipinski definition) is 2. The lowest BCUT2D eigenvalue weighted by Gasteiger charge is -2.33. The molecule has 0 radical (unpaired) electrons. The van der Waals surface area contributed by atoms with Gasteiger partial charge in [0.25, 0.3) is 0 Å². The highest BCUT2D eigenvalue weighted by Crippen LogP contribution is 2.34. The van der Waals surface area contributed by atoms with Crippen LogP contribution in [0.1, 0.15) is 37.8 Å². The number of benzene rings is 1. The second-order valence-electron chi connectivity index (χ2n) is 6.60. The molecule has 2 rings (SSSR count). The molecule has 4 heteroatoms. The van der Waals surface area contributed by atoms with Crippen LogP contribution in [0.2, 0.25) is 0 Å². The number of nitrogens with one attached hydrogen (secondary N) is 1. The van der Waals surface area contributed by atoms with Gasteiger partial charge in [-0.15, -0.1) is 0 Å². The van der Waals surface area contributed by atoms with Crippen molar-refractivity contribution in [1.82, 2.24) is 5.32 Å². The number of hydrogen-bond donors (Lipinski definition) is 2. The van der Waals surface area contributed by atoms with Gasteiger partial charge in [-0.3, -0.25) is 9.59 Å². The molecule has 0 bridgehead atoms. The summed E-state index contributed by atoms with van der Waals surface area (Å²) >= 11 is 0. The minimum absolute atomic E-state index is 0.130. The van der Waals surface area contributed by atoms with E-state index in [4.69, 9.17) is 5.11 Å². The lowest BCUT2D eigenvalue weighted by Crippen LogP contribution is -2.47. The number of aliphatic carboxylic acids is 1. The number of carboxylic acid groups (broad SMARTS) is 1. The molecule has 1 amide bonds. The van der Waals surface area contributed by atoms with E-state index in [-0.39, 0.29) is 17.2 Å². The Bertz CT molecular complexity index is 551. The van der Waals surface area contributed by atoms with Crippen molar-refractivity contribution in [2.24, 2.45) is 11.8 Å². The smallest absolute Gasteiger partial charge is 0.307 e. The predicted molar refractivity (Wildman–Crippen MR) is 81.1 cm³/mol. The summed E-state index contributed by atoms with van der Waals surface area (Å²) in [5.74, 6) is -1.86. The highest BCUT2D eigenvalue weighted by atomic mass is 16.4. The molecule has 1 saturated carbocycles. The maximum Gasteiger partial charge on any atom is 0.307 e. The predicted octanol–water partition coefficient (Wildman–Crippen LogP) is 2.50. The summed E-state index contributed by atoms with van der Waals surface area (Å²) in [7, 11) is 0. The third kappa shape index (κ3) is 3.43. The minimum atomic E-state index is -0.862. The maximum atomic E-state index is 12.1. The lowest BCUT2D eigenvalue weighted by molar-refractivity contribution is -0.152. The maximum absolute atomic E-state index is 12.1. The molecule has 1 aliphatic carbocycles. The fourth-order valence-corrected chi connectivity index (χ4v) is 2.72. The van der Waals surface area contributed by atoms with E-state index in [0.29, 0.717) is 19.4 Å². The van der Waals surface area contributed by atoms with Crippen molar-refractivity contribution in [1.29, 1.82) is 0 Å². The Hall–Kier alpha value is -1.84. The van der Waals surface area contributed by atoms with Crippen molar-refractivity contribution in [3.63, 3.8) is 0 Å². The average molecular weight is 289 g/mol. The summed E-state index contributed by atoms with van der Waals surface area (Å²) in [5, 5.41) is 11.9. The van der Waals surface area contributed by atoms with Crippen LogP contribution in [0, 0.1) is 18.8 Å². The van der Waals surface area contributed by atoms with E-state index in [9.17, 15) is 9.59 Å². The third-order valence-electron chi connectivity index (χ3n) is 4.43. The van der Waals surface area contributed by atoms with E-state index in [1.54, 1.807) is 0 Å². The molecule has 1 fully saturated rings. The zero-order chi connectivity index (χ0) is 15.6. The van der Waals surface area contributed by atoms with E-state index >= 15 is 0 Å². The number of carbonyl (C=O) groups excluding carboxylic acids is 1. The molecule has 0 saturated heterocycles. The summed E-state index contributed by atoms with van der Waals surface area (Å²) in [6.45, 7) is 6.72. The average Bonchev–Trinajstić information content (AvgIpc) is 2.34. The Labute approximate surface area is 125 Å². The van der Waals surface area contributed by atoms with Crippen LogP contribution in [0.25, 0.3) is 0 Å². The fraction of sp³-hybridized carbons (Fsp3) is 0.529. The molecular weight excluding hydrogens is 266 g/mol. The van der Waals surface area contributed by atoms with Crippen LogP contribution >= 0.6 is 0 Å². The molecule has 4 nitrogen and oxygen atoms in total. The van der Waals surface area contributed by atoms with Crippen molar-refractivity contribution in [2.75, 3.05) is 6.54 Å². The van der Waals surface area contributed by atoms with Gasteiger partial charge in [0.1, 0.15) is 0 Å². The molecule has 0 heterocycles. The summed E-state index contributed by atoms with van der Waals surface area (Å²) in [6, 6.07) is 8.24. The lowest BCUT2D eigenvalue weighted by atomic mass is 9.73. The van der Waals surface area contributed by atoms with E-state index in [0.717, 1.165) is 0 Å². The Morgan fingerprint density at radius 2 is 1.95 bits per heavy atom. The largest absolute Gasteiger partial charge is 0.481 e. The first-order valence-corrected chi connectivity index (χ1v) is 7.39. The van der Waals surface area contributed by atoms with Gasteiger partial charge in [-0.05, 0) is 25.3 Å². The molecule has 2 unspecified atom stereocenters. The number of amides is 1. The zero-order valence-corrected chi connectivity index (χ0v) is 12.8. The van der Waals surface area contributed by atoms with E-state index in [1.165, 1.54) is 11.1 Å². The van der Waals surface area contributed by atoms with Gasteiger partial charge in [0.05, 0.1) is 11.8 Å². The molecule has 0 aromatic heterocycles. The van der Waals surface area contributed by atoms with Crippen LogP contribution in [0.15, 0.2) is 24.3 Å². The third-order valence-corrected chi connectivity index (χ3v) is 4.43. The standard InChI is InChI=1S/C17H23NO3/c1-11-5-4-6-12(9-11)17(2,3)10-18-15(19)13-7-8-14(13)16(20)21/h4-6,9,13-14H,7-8,10H2,1-3H3,(H,18,19)(H,20,21). The van der Waals surface area contributed by atoms with Crippen molar-refractivity contribution in [3.8, 4) is 0 Å². The number of carboxylic acids is 1. The molecule has 1 aromatic rings. The summed E-state index contributed by atoms with van der Waals surface area (Å²) in [5.41, 5.74) is 2.19. The van der Waals surface area contributed by atoms with Crippen molar-refractivity contribution >= 4 is 11.9 Å². The monoisotopic (exact) mass is 289 g/mol. The van der Waals surface area contributed by atoms with Gasteiger partial charge in [0.2, 0.25) is 5.91 Å². The molecule has 2 atom stereocenters. The van der Waals surface area contributed by atoms with Crippen molar-refractivity contribution in [2.45, 2.75) is 39.0 Å². The van der Waals surface area contributed by atoms with Crippen molar-refractivity contribution in [3.05, 3.63) is 35.4 Å². The van der Waals surface area contributed by atoms with Gasteiger partial charge in [0.15, 0.2) is 0 Å². The Morgan fingerprint density at radius 1 is 1.29 bits per heavy atom. The molecule has 2 N–H and O–H groups in total. The molecular formula is C17H23NO3. The van der Waals surface area contributed by atoms with Crippen LogP contribution in [0.3, 0.4) is 0 Å². The molecule has 114 valence electrons. The van der Waals surface area contributed by atoms with Gasteiger partial charge in [0, 0.05) is 12.0 Å². The first kappa shape index (κ1) is 15.5. The van der Waals surface area contributed by atoms with Crippen LogP contribution in [0.5, 0.6) is 0 Å². The van der Waals surface area contributed by atoms with Crippen LogP contribution < -0.4 is 5.32 Å². The zero-order valence-electron chi connectivity index (χ0n) is 12.8. The second kappa shape index (κ2) is 5.88. The molecule has 1 aliphatic rings. The normalized spacial score (nSPS) is 21.5. The second-order valence-corrected chi connectivity index (χ2v) is 6.60. The van der Waals surface area contributed by atoms with Gasteiger partial charge < -0.3 is 10.4 Å². The molecule has 0 spiro atoms. The molecule has 0 aliphatic heterocycles. The number of rotatable bonds is 5. The van der Waals surface area contributed by atoms with Crippen LogP contribution in [-0.4, -0.2) is 23.5 Å². The summed E-state index contributed by atoms with van der Waals surface area (Å²) < 4.78 is 0. The Balaban J connectivity index is 1.95. The minimum Gasteiger partial charge on any atom is -0.481 e. The topological polar surface area (TPSA) is 66.4 Å². The van der Waals surface area contributed by atoms with E-state index in [2.05, 4.69) is 31.3 Å². The van der Waals surface area contributed by atoms with Crippen molar-refractivity contribution < 1.29 is 14.7 Å². The number of aryl methyl sites for hydroxylation is 1. The number of carbonyl (C=O) groups is 2. The summed E-state index contributed by atoms with van der Waals surface area (Å²) in [6.07, 6.45) is 1.28. The van der Waals surface area contributed by atoms with E-state index < -0.39 is 11.9 Å². The first-order valence-electron chi connectivity index (χ1n) is 7.39. The highest BCUT2D eigenvalue weighted by molar-refractivity contribution is 5.86. The molecule has 21 heavy (non-hydrogen) atoms. The molecule has 1 aromatic carbocycles. The van der Waals surface area contributed by atoms with Gasteiger partial charge in [-0.2, -0.15) is 0 Å². The van der Waals surface area contributed by atoms with E-state index in [1.807, 2.05) is 19.1 Å². The first-order chi connectivity index (χ1) is 9.81. The summed E-state index contributed by atoms with van der Waals surface area (Å²) in [4.78, 5) is 23.1. The van der Waals surface area contributed by atoms with Crippen LogP contribution in [-0.2, 0) is 15.0 Å². The SMILES string of the molecule is Cc1cccc(C(C)(C)CNC(=O)C2CCC2C(=O)O)c1.